The number of fused-ring (bicyclic) bond motifs is 1. The van der Waals surface area contributed by atoms with Gasteiger partial charge in [-0.2, -0.15) is 0 Å². The smallest absolute Gasteiger partial charge is 0.111 e. The maximum atomic E-state index is 5.97. The molecule has 1 heterocycles. The summed E-state index contributed by atoms with van der Waals surface area (Å²) in [6.45, 7) is 5.55. The Hall–Kier alpha value is -1.02. The van der Waals surface area contributed by atoms with Crippen LogP contribution >= 0.6 is 11.6 Å². The number of hydrogen-bond acceptors (Lipinski definition) is 1. The lowest BCUT2D eigenvalue weighted by molar-refractivity contribution is 0.101. The van der Waals surface area contributed by atoms with E-state index in [1.807, 2.05) is 0 Å². The molecule has 0 bridgehead atoms. The lowest BCUT2D eigenvalue weighted by Crippen LogP contribution is -2.34. The van der Waals surface area contributed by atoms with E-state index in [1.54, 1.807) is 0 Å². The zero-order valence-corrected chi connectivity index (χ0v) is 13.2. The summed E-state index contributed by atoms with van der Waals surface area (Å²) in [6, 6.07) is 6.59. The van der Waals surface area contributed by atoms with Gasteiger partial charge in [-0.15, -0.1) is 11.6 Å². The highest BCUT2D eigenvalue weighted by atomic mass is 35.5. The summed E-state index contributed by atoms with van der Waals surface area (Å²) in [7, 11) is 0. The average molecular weight is 291 g/mol. The van der Waals surface area contributed by atoms with E-state index in [-0.39, 0.29) is 0 Å². The van der Waals surface area contributed by atoms with Gasteiger partial charge in [0.15, 0.2) is 0 Å². The number of benzene rings is 1. The fraction of sp³-hybridized carbons (Fsp3) is 0.588. The molecule has 1 fully saturated rings. The van der Waals surface area contributed by atoms with Crippen molar-refractivity contribution < 1.29 is 0 Å². The third-order valence-corrected chi connectivity index (χ3v) is 5.15. The Bertz CT molecular complexity index is 605. The van der Waals surface area contributed by atoms with Gasteiger partial charge in [-0.1, -0.05) is 19.4 Å². The van der Waals surface area contributed by atoms with Crippen LogP contribution in [-0.2, 0) is 13.0 Å². The number of nitrogens with zero attached hydrogens (tertiary/aromatic N) is 2. The van der Waals surface area contributed by atoms with Crippen molar-refractivity contribution in [1.82, 2.24) is 9.55 Å². The van der Waals surface area contributed by atoms with Crippen molar-refractivity contribution >= 4 is 22.6 Å². The maximum absolute atomic E-state index is 5.97. The molecule has 20 heavy (non-hydrogen) atoms. The molecule has 1 aromatic carbocycles. The van der Waals surface area contributed by atoms with Gasteiger partial charge in [0.05, 0.1) is 11.0 Å². The highest BCUT2D eigenvalue weighted by Crippen LogP contribution is 2.45. The molecule has 0 atom stereocenters. The molecule has 0 spiro atoms. The van der Waals surface area contributed by atoms with Gasteiger partial charge in [0.1, 0.15) is 5.82 Å². The number of rotatable bonds is 5. The van der Waals surface area contributed by atoms with E-state index in [9.17, 15) is 0 Å². The van der Waals surface area contributed by atoms with Crippen LogP contribution in [0.3, 0.4) is 0 Å². The van der Waals surface area contributed by atoms with Gasteiger partial charge in [-0.3, -0.25) is 0 Å². The minimum atomic E-state index is 0.500. The largest absolute Gasteiger partial charge is 0.327 e. The first-order valence-corrected chi connectivity index (χ1v) is 8.23. The first-order chi connectivity index (χ1) is 9.67. The van der Waals surface area contributed by atoms with Crippen molar-refractivity contribution in [2.45, 2.75) is 52.5 Å². The zero-order valence-electron chi connectivity index (χ0n) is 12.5. The molecule has 3 heteroatoms. The van der Waals surface area contributed by atoms with Crippen LogP contribution in [0.25, 0.3) is 11.0 Å². The molecule has 3 rings (SSSR count). The molecule has 0 N–H and O–H groups in total. The van der Waals surface area contributed by atoms with Crippen molar-refractivity contribution in [1.29, 1.82) is 0 Å². The second-order valence-corrected chi connectivity index (χ2v) is 6.63. The van der Waals surface area contributed by atoms with E-state index in [4.69, 9.17) is 16.6 Å². The monoisotopic (exact) mass is 290 g/mol. The van der Waals surface area contributed by atoms with Crippen LogP contribution in [0, 0.1) is 12.3 Å². The Balaban J connectivity index is 2.04. The summed E-state index contributed by atoms with van der Waals surface area (Å²) >= 11 is 5.97. The number of alkyl halides is 1. The third kappa shape index (κ3) is 2.35. The first-order valence-electron chi connectivity index (χ1n) is 7.69. The highest BCUT2D eigenvalue weighted by Gasteiger charge is 2.36. The van der Waals surface area contributed by atoms with E-state index < -0.39 is 0 Å². The Kier molecular flexibility index (Phi) is 3.76. The summed E-state index contributed by atoms with van der Waals surface area (Å²) in [4.78, 5) is 4.82. The van der Waals surface area contributed by atoms with Gasteiger partial charge in [0, 0.05) is 18.8 Å². The fourth-order valence-corrected chi connectivity index (χ4v) is 3.55. The molecule has 0 aliphatic heterocycles. The lowest BCUT2D eigenvalue weighted by Gasteiger charge is -2.42. The number of halogens is 1. The van der Waals surface area contributed by atoms with Gasteiger partial charge < -0.3 is 4.57 Å². The Morgan fingerprint density at radius 2 is 2.15 bits per heavy atom. The number of aryl methyl sites for hydroxylation is 2. The number of hydrogen-bond donors (Lipinski definition) is 0. The molecule has 2 nitrogen and oxygen atoms in total. The van der Waals surface area contributed by atoms with Crippen LogP contribution in [0.4, 0.5) is 0 Å². The van der Waals surface area contributed by atoms with E-state index in [1.165, 1.54) is 36.8 Å². The van der Waals surface area contributed by atoms with Gasteiger partial charge >= 0.3 is 0 Å². The van der Waals surface area contributed by atoms with Crippen molar-refractivity contribution in [3.63, 3.8) is 0 Å². The molecule has 1 aliphatic carbocycles. The number of imidazole rings is 1. The summed E-state index contributed by atoms with van der Waals surface area (Å²) in [6.07, 6.45) is 6.21. The second-order valence-electron chi connectivity index (χ2n) is 6.25. The van der Waals surface area contributed by atoms with E-state index >= 15 is 0 Å². The molecular formula is C17H23ClN2. The van der Waals surface area contributed by atoms with E-state index in [2.05, 4.69) is 36.6 Å². The van der Waals surface area contributed by atoms with Crippen molar-refractivity contribution in [3.05, 3.63) is 29.6 Å². The lowest BCUT2D eigenvalue weighted by atomic mass is 9.67. The first kappa shape index (κ1) is 13.9. The topological polar surface area (TPSA) is 17.8 Å². The molecule has 1 saturated carbocycles. The van der Waals surface area contributed by atoms with Crippen LogP contribution in [0.2, 0.25) is 0 Å². The minimum Gasteiger partial charge on any atom is -0.327 e. The summed E-state index contributed by atoms with van der Waals surface area (Å²) in [5.41, 5.74) is 4.17. The average Bonchev–Trinajstić information content (AvgIpc) is 2.71. The highest BCUT2D eigenvalue weighted by molar-refractivity contribution is 6.17. The summed E-state index contributed by atoms with van der Waals surface area (Å²) < 4.78 is 2.43. The summed E-state index contributed by atoms with van der Waals surface area (Å²) in [5, 5.41) is 0. The molecule has 0 unspecified atom stereocenters. The molecule has 108 valence electrons. The third-order valence-electron chi connectivity index (χ3n) is 4.96. The normalized spacial score (nSPS) is 17.4. The van der Waals surface area contributed by atoms with Gasteiger partial charge in [0.2, 0.25) is 0 Å². The van der Waals surface area contributed by atoms with Crippen LogP contribution < -0.4 is 0 Å². The number of aromatic nitrogens is 2. The molecule has 2 aromatic rings. The van der Waals surface area contributed by atoms with Gasteiger partial charge in [-0.25, -0.2) is 4.98 Å². The standard InChI is InChI=1S/C17H23ClN2/c1-3-17(8-4-9-17)12-20-15-6-5-13(2)11-14(15)19-16(20)7-10-18/h5-6,11H,3-4,7-10,12H2,1-2H3. The minimum absolute atomic E-state index is 0.500. The van der Waals surface area contributed by atoms with E-state index in [0.717, 1.165) is 24.3 Å². The van der Waals surface area contributed by atoms with Crippen molar-refractivity contribution in [2.75, 3.05) is 5.88 Å². The quantitative estimate of drug-likeness (QED) is 0.730. The van der Waals surface area contributed by atoms with Crippen LogP contribution in [0.5, 0.6) is 0 Å². The Morgan fingerprint density at radius 3 is 2.75 bits per heavy atom. The molecule has 1 aliphatic rings. The van der Waals surface area contributed by atoms with Crippen molar-refractivity contribution in [3.8, 4) is 0 Å². The van der Waals surface area contributed by atoms with Crippen LogP contribution in [0.15, 0.2) is 18.2 Å². The van der Waals surface area contributed by atoms with Crippen LogP contribution in [0.1, 0.15) is 44.0 Å². The zero-order chi connectivity index (χ0) is 14.2. The predicted octanol–water partition coefficient (Wildman–Crippen LogP) is 4.71. The molecule has 0 saturated heterocycles. The van der Waals surface area contributed by atoms with Crippen LogP contribution in [-0.4, -0.2) is 15.4 Å². The SMILES string of the molecule is CCC1(Cn2c(CCCl)nc3cc(C)ccc32)CCC1. The predicted molar refractivity (Wildman–Crippen MR) is 85.5 cm³/mol. The summed E-state index contributed by atoms with van der Waals surface area (Å²) in [5.74, 6) is 1.79. The Labute approximate surface area is 126 Å². The van der Waals surface area contributed by atoms with E-state index in [0.29, 0.717) is 11.3 Å². The Morgan fingerprint density at radius 1 is 1.35 bits per heavy atom. The van der Waals surface area contributed by atoms with Crippen molar-refractivity contribution in [2.24, 2.45) is 5.41 Å². The second kappa shape index (κ2) is 5.40. The molecule has 0 radical (unpaired) electrons. The fourth-order valence-electron chi connectivity index (χ4n) is 3.38. The molecule has 1 aromatic heterocycles. The molecular weight excluding hydrogens is 268 g/mol. The molecule has 0 amide bonds. The maximum Gasteiger partial charge on any atom is 0.111 e. The van der Waals surface area contributed by atoms with Gasteiger partial charge in [0.25, 0.3) is 0 Å². The van der Waals surface area contributed by atoms with Gasteiger partial charge in [-0.05, 0) is 49.3 Å².